The van der Waals surface area contributed by atoms with Gasteiger partial charge in [-0.05, 0) is 24.1 Å². The molecule has 0 aromatic heterocycles. The van der Waals surface area contributed by atoms with Crippen LogP contribution in [0, 0.1) is 5.92 Å². The van der Waals surface area contributed by atoms with Crippen LogP contribution in [0.5, 0.6) is 0 Å². The van der Waals surface area contributed by atoms with Crippen molar-refractivity contribution >= 4 is 21.8 Å². The van der Waals surface area contributed by atoms with Gasteiger partial charge in [0.1, 0.15) is 0 Å². The second kappa shape index (κ2) is 5.34. The average molecular weight is 318 g/mol. The van der Waals surface area contributed by atoms with Gasteiger partial charge in [-0.25, -0.2) is 8.78 Å². The van der Waals surface area contributed by atoms with Crippen molar-refractivity contribution in [1.82, 2.24) is 5.32 Å². The number of hydrogen-bond acceptors (Lipinski definition) is 1. The van der Waals surface area contributed by atoms with Crippen LogP contribution in [-0.2, 0) is 11.3 Å². The summed E-state index contributed by atoms with van der Waals surface area (Å²) in [6, 6.07) is 7.53. The van der Waals surface area contributed by atoms with E-state index in [1.807, 2.05) is 24.3 Å². The highest BCUT2D eigenvalue weighted by molar-refractivity contribution is 9.10. The predicted molar refractivity (Wildman–Crippen MR) is 68.3 cm³/mol. The molecular formula is C13H14BrF2NO. The van der Waals surface area contributed by atoms with E-state index in [4.69, 9.17) is 0 Å². The number of halogens is 3. The van der Waals surface area contributed by atoms with Gasteiger partial charge in [-0.3, -0.25) is 4.79 Å². The molecule has 18 heavy (non-hydrogen) atoms. The fraction of sp³-hybridized carbons (Fsp3) is 0.462. The zero-order valence-electron chi connectivity index (χ0n) is 9.76. The van der Waals surface area contributed by atoms with Crippen LogP contribution in [0.3, 0.4) is 0 Å². The van der Waals surface area contributed by atoms with Gasteiger partial charge in [-0.1, -0.05) is 28.1 Å². The van der Waals surface area contributed by atoms with Crippen LogP contribution in [0.2, 0.25) is 0 Å². The van der Waals surface area contributed by atoms with E-state index in [0.717, 1.165) is 10.0 Å². The van der Waals surface area contributed by atoms with Gasteiger partial charge in [0.15, 0.2) is 0 Å². The monoisotopic (exact) mass is 317 g/mol. The highest BCUT2D eigenvalue weighted by Crippen LogP contribution is 2.38. The van der Waals surface area contributed by atoms with Gasteiger partial charge < -0.3 is 5.32 Å². The molecule has 1 fully saturated rings. The van der Waals surface area contributed by atoms with Crippen molar-refractivity contribution in [2.24, 2.45) is 5.92 Å². The summed E-state index contributed by atoms with van der Waals surface area (Å²) >= 11 is 3.32. The van der Waals surface area contributed by atoms with E-state index in [0.29, 0.717) is 6.54 Å². The Morgan fingerprint density at radius 1 is 1.39 bits per heavy atom. The summed E-state index contributed by atoms with van der Waals surface area (Å²) in [5, 5.41) is 2.71. The molecule has 5 heteroatoms. The number of amides is 1. The first-order valence-electron chi connectivity index (χ1n) is 5.86. The number of benzene rings is 1. The van der Waals surface area contributed by atoms with Crippen LogP contribution >= 0.6 is 15.9 Å². The van der Waals surface area contributed by atoms with E-state index in [-0.39, 0.29) is 25.2 Å². The Morgan fingerprint density at radius 2 is 2.06 bits per heavy atom. The number of carbonyl (C=O) groups is 1. The SMILES string of the molecule is O=C(NCc1ccc(Br)cc1)C1CCC(F)(F)C1. The summed E-state index contributed by atoms with van der Waals surface area (Å²) in [5.74, 6) is -3.48. The highest BCUT2D eigenvalue weighted by Gasteiger charge is 2.42. The summed E-state index contributed by atoms with van der Waals surface area (Å²) in [5.41, 5.74) is 0.955. The molecule has 0 radical (unpaired) electrons. The van der Waals surface area contributed by atoms with Gasteiger partial charge in [0.25, 0.3) is 0 Å². The van der Waals surface area contributed by atoms with Crippen LogP contribution in [0.15, 0.2) is 28.7 Å². The lowest BCUT2D eigenvalue weighted by Crippen LogP contribution is -2.29. The summed E-state index contributed by atoms with van der Waals surface area (Å²) in [6.45, 7) is 0.383. The molecule has 0 saturated heterocycles. The molecule has 2 nitrogen and oxygen atoms in total. The van der Waals surface area contributed by atoms with Gasteiger partial charge in [-0.15, -0.1) is 0 Å². The van der Waals surface area contributed by atoms with Gasteiger partial charge in [-0.2, -0.15) is 0 Å². The molecule has 0 spiro atoms. The maximum absolute atomic E-state index is 13.0. The highest BCUT2D eigenvalue weighted by atomic mass is 79.9. The molecule has 98 valence electrons. The Morgan fingerprint density at radius 3 is 2.61 bits per heavy atom. The molecule has 1 N–H and O–H groups in total. The minimum atomic E-state index is -2.67. The fourth-order valence-corrected chi connectivity index (χ4v) is 2.37. The Labute approximate surface area is 113 Å². The normalized spacial score (nSPS) is 21.8. The minimum absolute atomic E-state index is 0.177. The fourth-order valence-electron chi connectivity index (χ4n) is 2.11. The van der Waals surface area contributed by atoms with E-state index >= 15 is 0 Å². The third-order valence-electron chi connectivity index (χ3n) is 3.15. The van der Waals surface area contributed by atoms with Crippen LogP contribution in [0.25, 0.3) is 0 Å². The summed E-state index contributed by atoms with van der Waals surface area (Å²) in [7, 11) is 0. The van der Waals surface area contributed by atoms with E-state index in [1.54, 1.807) is 0 Å². The van der Waals surface area contributed by atoms with Crippen molar-refractivity contribution in [3.05, 3.63) is 34.3 Å². The molecular weight excluding hydrogens is 304 g/mol. The lowest BCUT2D eigenvalue weighted by molar-refractivity contribution is -0.125. The predicted octanol–water partition coefficient (Wildman–Crippen LogP) is 3.50. The van der Waals surface area contributed by atoms with Crippen molar-refractivity contribution in [2.75, 3.05) is 0 Å². The molecule has 2 rings (SSSR count). The number of nitrogens with one attached hydrogen (secondary N) is 1. The van der Waals surface area contributed by atoms with Crippen LogP contribution in [0.1, 0.15) is 24.8 Å². The Kier molecular flexibility index (Phi) is 4.00. The molecule has 1 aromatic rings. The largest absolute Gasteiger partial charge is 0.352 e. The number of hydrogen-bond donors (Lipinski definition) is 1. The molecule has 1 aromatic carbocycles. The van der Waals surface area contributed by atoms with Gasteiger partial charge in [0, 0.05) is 29.8 Å². The second-order valence-corrected chi connectivity index (χ2v) is 5.56. The lowest BCUT2D eigenvalue weighted by Gasteiger charge is -2.11. The molecule has 1 saturated carbocycles. The van der Waals surface area contributed by atoms with Crippen molar-refractivity contribution in [1.29, 1.82) is 0 Å². The summed E-state index contributed by atoms with van der Waals surface area (Å²) in [6.07, 6.45) is -0.221. The van der Waals surface area contributed by atoms with Crippen LogP contribution in [-0.4, -0.2) is 11.8 Å². The Balaban J connectivity index is 1.84. The first-order chi connectivity index (χ1) is 8.46. The average Bonchev–Trinajstić information content (AvgIpc) is 2.69. The van der Waals surface area contributed by atoms with Crippen molar-refractivity contribution in [3.63, 3.8) is 0 Å². The quantitative estimate of drug-likeness (QED) is 0.908. The summed E-state index contributed by atoms with van der Waals surface area (Å²) < 4.78 is 26.9. The first kappa shape index (κ1) is 13.5. The number of carbonyl (C=O) groups excluding carboxylic acids is 1. The van der Waals surface area contributed by atoms with Gasteiger partial charge in [0.05, 0.1) is 0 Å². The van der Waals surface area contributed by atoms with Gasteiger partial charge in [0.2, 0.25) is 11.8 Å². The summed E-state index contributed by atoms with van der Waals surface area (Å²) in [4.78, 5) is 11.7. The van der Waals surface area contributed by atoms with E-state index in [9.17, 15) is 13.6 Å². The molecule has 1 aliphatic carbocycles. The van der Waals surface area contributed by atoms with E-state index in [2.05, 4.69) is 21.2 Å². The third kappa shape index (κ3) is 3.51. The lowest BCUT2D eigenvalue weighted by atomic mass is 10.1. The van der Waals surface area contributed by atoms with E-state index in [1.165, 1.54) is 0 Å². The molecule has 0 bridgehead atoms. The van der Waals surface area contributed by atoms with Gasteiger partial charge >= 0.3 is 0 Å². The molecule has 0 heterocycles. The van der Waals surface area contributed by atoms with Crippen LogP contribution < -0.4 is 5.32 Å². The Hall–Kier alpha value is -0.970. The zero-order chi connectivity index (χ0) is 13.2. The first-order valence-corrected chi connectivity index (χ1v) is 6.65. The third-order valence-corrected chi connectivity index (χ3v) is 3.68. The second-order valence-electron chi connectivity index (χ2n) is 4.64. The maximum Gasteiger partial charge on any atom is 0.248 e. The Bertz CT molecular complexity index is 433. The van der Waals surface area contributed by atoms with Crippen molar-refractivity contribution in [3.8, 4) is 0 Å². The molecule has 1 amide bonds. The zero-order valence-corrected chi connectivity index (χ0v) is 11.3. The molecule has 0 aliphatic heterocycles. The standard InChI is InChI=1S/C13H14BrF2NO/c14-11-3-1-9(2-4-11)8-17-12(18)10-5-6-13(15,16)7-10/h1-4,10H,5-8H2,(H,17,18). The van der Waals surface area contributed by atoms with Crippen molar-refractivity contribution < 1.29 is 13.6 Å². The number of rotatable bonds is 3. The van der Waals surface area contributed by atoms with Crippen molar-refractivity contribution in [2.45, 2.75) is 31.7 Å². The topological polar surface area (TPSA) is 29.1 Å². The molecule has 1 atom stereocenters. The maximum atomic E-state index is 13.0. The minimum Gasteiger partial charge on any atom is -0.352 e. The van der Waals surface area contributed by atoms with Crippen LogP contribution in [0.4, 0.5) is 8.78 Å². The smallest absolute Gasteiger partial charge is 0.248 e. The van der Waals surface area contributed by atoms with E-state index < -0.39 is 11.8 Å². The molecule has 1 unspecified atom stereocenters. The molecule has 1 aliphatic rings. The number of alkyl halides is 2.